The third kappa shape index (κ3) is 5.90. The quantitative estimate of drug-likeness (QED) is 0.721. The van der Waals surface area contributed by atoms with Gasteiger partial charge in [-0.15, -0.1) is 24.8 Å². The Bertz CT molecular complexity index is 132. The van der Waals surface area contributed by atoms with E-state index in [1.807, 2.05) is 0 Å². The van der Waals surface area contributed by atoms with E-state index in [1.54, 1.807) is 0 Å². The molecule has 15 heavy (non-hydrogen) atoms. The summed E-state index contributed by atoms with van der Waals surface area (Å²) in [6, 6.07) is 0. The van der Waals surface area contributed by atoms with Crippen LogP contribution in [0.4, 0.5) is 0 Å². The second-order valence-electron chi connectivity index (χ2n) is 4.20. The Kier molecular flexibility index (Phi) is 10.0. The predicted molar refractivity (Wildman–Crippen MR) is 65.3 cm³/mol. The largest absolute Gasteiger partial charge is 0.147 e. The molecule has 0 saturated carbocycles. The minimum absolute atomic E-state index is 0. The molecule has 0 aromatic carbocycles. The first-order valence-corrected chi connectivity index (χ1v) is 7.11. The van der Waals surface area contributed by atoms with Gasteiger partial charge in [0.2, 0.25) is 0 Å². The minimum Gasteiger partial charge on any atom is -0.147 e. The maximum absolute atomic E-state index is 2.76. The number of piperidine rings is 2. The Hall–Kier alpha value is 1.21. The van der Waals surface area contributed by atoms with Crippen molar-refractivity contribution in [3.63, 3.8) is 0 Å². The van der Waals surface area contributed by atoms with Gasteiger partial charge in [0.15, 0.2) is 0 Å². The van der Waals surface area contributed by atoms with Crippen LogP contribution in [0, 0.1) is 0 Å². The fourth-order valence-electron chi connectivity index (χ4n) is 2.19. The summed E-state index contributed by atoms with van der Waals surface area (Å²) in [6.07, 6.45) is 8.77. The van der Waals surface area contributed by atoms with Crippen molar-refractivity contribution in [3.05, 3.63) is 0 Å². The van der Waals surface area contributed by atoms with Crippen molar-refractivity contribution in [1.82, 2.24) is 6.76 Å². The molecule has 0 amide bonds. The second kappa shape index (κ2) is 9.27. The summed E-state index contributed by atoms with van der Waals surface area (Å²) in [5.74, 6) is 0. The van der Waals surface area contributed by atoms with Crippen LogP contribution in [0.2, 0.25) is 0 Å². The van der Waals surface area contributed by atoms with E-state index >= 15 is 0 Å². The first-order valence-electron chi connectivity index (χ1n) is 5.71. The topological polar surface area (TPSA) is 6.48 Å². The molecule has 90 valence electrons. The number of halogens is 2. The third-order valence-corrected chi connectivity index (χ3v) is 5.28. The molecule has 5 heteroatoms. The molecule has 2 rings (SSSR count). The van der Waals surface area contributed by atoms with Crippen LogP contribution in [0.3, 0.4) is 0 Å². The smallest absolute Gasteiger partial charge is 0.147 e. The van der Waals surface area contributed by atoms with E-state index < -0.39 is 0 Å². The molecule has 0 unspecified atom stereocenters. The summed E-state index contributed by atoms with van der Waals surface area (Å²) in [7, 11) is 0. The van der Waals surface area contributed by atoms with Gasteiger partial charge in [0.25, 0.3) is 0 Å². The first kappa shape index (κ1) is 16.2. The molecule has 2 saturated heterocycles. The molecule has 0 bridgehead atoms. The van der Waals surface area contributed by atoms with E-state index in [9.17, 15) is 0 Å². The summed E-state index contributed by atoms with van der Waals surface area (Å²) in [5.41, 5.74) is 0. The van der Waals surface area contributed by atoms with Crippen molar-refractivity contribution in [3.8, 4) is 0 Å². The summed E-state index contributed by atoms with van der Waals surface area (Å²) in [5, 5.41) is 0. The molecule has 0 aromatic heterocycles. The zero-order valence-electron chi connectivity index (χ0n) is 9.28. The standard InChI is InChI=1S/2C5H10N.2ClH.Ti/c2*1-2-4-6-5-3-1;;;/h2*1-5H2;2*1H;/q2*-1;;;+2. The normalized spacial score (nSPS) is 23.7. The SMILES string of the molecule is C1CC[N]([Ti][N]2CCCCC2)CC1.Cl.Cl. The molecule has 2 nitrogen and oxygen atoms in total. The molecule has 0 aliphatic carbocycles. The maximum Gasteiger partial charge on any atom is -0.147 e. The summed E-state index contributed by atoms with van der Waals surface area (Å²) in [4.78, 5) is 0. The van der Waals surface area contributed by atoms with E-state index in [-0.39, 0.29) is 44.5 Å². The summed E-state index contributed by atoms with van der Waals surface area (Å²) in [6.45, 7) is 5.60. The third-order valence-electron chi connectivity index (χ3n) is 2.99. The van der Waals surface area contributed by atoms with Crippen LogP contribution in [-0.4, -0.2) is 32.9 Å². The van der Waals surface area contributed by atoms with E-state index in [0.29, 0.717) is 0 Å². The Labute approximate surface area is 116 Å². The van der Waals surface area contributed by atoms with Crippen LogP contribution in [0.25, 0.3) is 0 Å². The van der Waals surface area contributed by atoms with Crippen LogP contribution < -0.4 is 0 Å². The Morgan fingerprint density at radius 2 is 0.867 bits per heavy atom. The van der Waals surface area contributed by atoms with Crippen LogP contribution in [0.1, 0.15) is 38.5 Å². The van der Waals surface area contributed by atoms with Crippen molar-refractivity contribution in [2.75, 3.05) is 26.2 Å². The fraction of sp³-hybridized carbons (Fsp3) is 1.00. The van der Waals surface area contributed by atoms with Crippen LogP contribution in [-0.2, 0) is 19.7 Å². The summed E-state index contributed by atoms with van der Waals surface area (Å²) < 4.78 is 5.52. The predicted octanol–water partition coefficient (Wildman–Crippen LogP) is 2.71. The van der Waals surface area contributed by atoms with Gasteiger partial charge in [0.05, 0.1) is 0 Å². The molecule has 2 heterocycles. The molecule has 2 aliphatic heterocycles. The molecule has 2 fully saturated rings. The van der Waals surface area contributed by atoms with Gasteiger partial charge >= 0.3 is 91.1 Å². The van der Waals surface area contributed by atoms with Gasteiger partial charge in [0.1, 0.15) is 0 Å². The zero-order chi connectivity index (χ0) is 8.93. The van der Waals surface area contributed by atoms with Gasteiger partial charge in [-0.1, -0.05) is 0 Å². The molecule has 0 aromatic rings. The van der Waals surface area contributed by atoms with E-state index in [1.165, 1.54) is 64.7 Å². The van der Waals surface area contributed by atoms with E-state index in [0.717, 1.165) is 0 Å². The van der Waals surface area contributed by atoms with Gasteiger partial charge < -0.3 is 0 Å². The summed E-state index contributed by atoms with van der Waals surface area (Å²) >= 11 is 0.113. The van der Waals surface area contributed by atoms with E-state index in [4.69, 9.17) is 0 Å². The first-order chi connectivity index (χ1) is 6.45. The van der Waals surface area contributed by atoms with Crippen LogP contribution in [0.15, 0.2) is 0 Å². The molecule has 0 spiro atoms. The second-order valence-corrected chi connectivity index (χ2v) is 6.48. The average Bonchev–Trinajstić information content (AvgIpc) is 2.21. The molecule has 0 radical (unpaired) electrons. The number of rotatable bonds is 2. The van der Waals surface area contributed by atoms with Gasteiger partial charge in [-0.3, -0.25) is 0 Å². The van der Waals surface area contributed by atoms with Crippen molar-refractivity contribution in [2.24, 2.45) is 0 Å². The number of nitrogens with zero attached hydrogens (tertiary/aromatic N) is 2. The Balaban J connectivity index is 0.000000980. The van der Waals surface area contributed by atoms with Gasteiger partial charge in [0, 0.05) is 0 Å². The molecule has 0 N–H and O–H groups in total. The Morgan fingerprint density at radius 3 is 1.20 bits per heavy atom. The average molecular weight is 289 g/mol. The van der Waals surface area contributed by atoms with Gasteiger partial charge in [-0.25, -0.2) is 0 Å². The molecular formula is C10H22Cl2N2Ti. The van der Waals surface area contributed by atoms with E-state index in [2.05, 4.69) is 6.76 Å². The number of hydrogen-bond donors (Lipinski definition) is 0. The monoisotopic (exact) mass is 288 g/mol. The van der Waals surface area contributed by atoms with Gasteiger partial charge in [-0.2, -0.15) is 0 Å². The van der Waals surface area contributed by atoms with Crippen molar-refractivity contribution in [2.45, 2.75) is 38.5 Å². The van der Waals surface area contributed by atoms with Crippen molar-refractivity contribution >= 4 is 24.8 Å². The zero-order valence-corrected chi connectivity index (χ0v) is 12.5. The molecular weight excluding hydrogens is 267 g/mol. The van der Waals surface area contributed by atoms with Crippen molar-refractivity contribution in [1.29, 1.82) is 0 Å². The Morgan fingerprint density at radius 1 is 0.533 bits per heavy atom. The fourth-order valence-corrected chi connectivity index (χ4v) is 4.42. The number of hydrogen-bond acceptors (Lipinski definition) is 2. The van der Waals surface area contributed by atoms with Gasteiger partial charge in [-0.05, 0) is 0 Å². The molecule has 0 atom stereocenters. The van der Waals surface area contributed by atoms with Crippen LogP contribution in [0.5, 0.6) is 0 Å². The molecule has 2 aliphatic rings. The van der Waals surface area contributed by atoms with Crippen molar-refractivity contribution < 1.29 is 19.7 Å². The minimum atomic E-state index is 0. The van der Waals surface area contributed by atoms with Crippen LogP contribution >= 0.6 is 24.8 Å². The maximum atomic E-state index is 2.76.